The third kappa shape index (κ3) is 3.32. The predicted molar refractivity (Wildman–Crippen MR) is 78.7 cm³/mol. The Kier molecular flexibility index (Phi) is 4.16. The minimum atomic E-state index is -0.199. The molecule has 0 fully saturated rings. The Morgan fingerprint density at radius 1 is 1.42 bits per heavy atom. The van der Waals surface area contributed by atoms with E-state index < -0.39 is 0 Å². The van der Waals surface area contributed by atoms with Crippen molar-refractivity contribution in [2.45, 2.75) is 13.0 Å². The topological polar surface area (TPSA) is 68.0 Å². The quantitative estimate of drug-likeness (QED) is 0.855. The zero-order valence-corrected chi connectivity index (χ0v) is 12.0. The molecule has 0 aliphatic heterocycles. The molecule has 1 atom stereocenters. The number of nitrogen functional groups attached to an aromatic ring is 1. The fraction of sp³-hybridized carbons (Fsp3) is 0.143. The van der Waals surface area contributed by atoms with Gasteiger partial charge in [-0.3, -0.25) is 9.78 Å². The summed E-state index contributed by atoms with van der Waals surface area (Å²) in [6.07, 6.45) is 3.43. The number of nitrogens with two attached hydrogens (primary N) is 1. The first kappa shape index (κ1) is 13.5. The van der Waals surface area contributed by atoms with Gasteiger partial charge in [-0.2, -0.15) is 0 Å². The average molecular weight is 320 g/mol. The highest BCUT2D eigenvalue weighted by Crippen LogP contribution is 2.19. The Morgan fingerprint density at radius 2 is 2.21 bits per heavy atom. The van der Waals surface area contributed by atoms with Crippen molar-refractivity contribution in [3.05, 3.63) is 58.3 Å². The first-order valence-corrected chi connectivity index (χ1v) is 6.63. The molecule has 2 rings (SSSR count). The second-order valence-electron chi connectivity index (χ2n) is 4.21. The van der Waals surface area contributed by atoms with Crippen LogP contribution in [0.15, 0.2) is 47.2 Å². The molecule has 4 nitrogen and oxygen atoms in total. The van der Waals surface area contributed by atoms with Crippen molar-refractivity contribution in [3.8, 4) is 0 Å². The normalized spacial score (nSPS) is 11.9. The average Bonchev–Trinajstić information content (AvgIpc) is 2.42. The van der Waals surface area contributed by atoms with Crippen LogP contribution in [-0.2, 0) is 0 Å². The first-order chi connectivity index (χ1) is 9.08. The molecule has 1 aromatic carbocycles. The summed E-state index contributed by atoms with van der Waals surface area (Å²) in [6, 6.07) is 8.85. The molecule has 1 amide bonds. The van der Waals surface area contributed by atoms with Crippen LogP contribution in [0.2, 0.25) is 0 Å². The van der Waals surface area contributed by atoms with Crippen molar-refractivity contribution < 1.29 is 4.79 Å². The van der Waals surface area contributed by atoms with Gasteiger partial charge in [-0.1, -0.05) is 22.0 Å². The van der Waals surface area contributed by atoms with Crippen LogP contribution < -0.4 is 11.1 Å². The molecular formula is C14H14BrN3O. The maximum Gasteiger partial charge on any atom is 0.253 e. The zero-order chi connectivity index (χ0) is 13.8. The summed E-state index contributed by atoms with van der Waals surface area (Å²) >= 11 is 3.33. The summed E-state index contributed by atoms with van der Waals surface area (Å²) in [4.78, 5) is 16.2. The number of benzene rings is 1. The second kappa shape index (κ2) is 5.84. The summed E-state index contributed by atoms with van der Waals surface area (Å²) in [5.41, 5.74) is 7.68. The lowest BCUT2D eigenvalue weighted by Gasteiger charge is -2.15. The third-order valence-electron chi connectivity index (χ3n) is 2.79. The molecule has 0 radical (unpaired) electrons. The van der Waals surface area contributed by atoms with Crippen LogP contribution in [0.3, 0.4) is 0 Å². The molecule has 1 heterocycles. The smallest absolute Gasteiger partial charge is 0.253 e. The maximum absolute atomic E-state index is 12.2. The molecule has 5 heteroatoms. The lowest BCUT2D eigenvalue weighted by Crippen LogP contribution is -2.27. The number of halogens is 1. The molecule has 3 N–H and O–H groups in total. The van der Waals surface area contributed by atoms with E-state index in [-0.39, 0.29) is 11.9 Å². The number of carbonyl (C=O) groups is 1. The second-order valence-corrected chi connectivity index (χ2v) is 5.13. The lowest BCUT2D eigenvalue weighted by molar-refractivity contribution is 0.0940. The van der Waals surface area contributed by atoms with Crippen molar-refractivity contribution in [2.24, 2.45) is 0 Å². The fourth-order valence-electron chi connectivity index (χ4n) is 1.71. The molecule has 1 aromatic heterocycles. The van der Waals surface area contributed by atoms with Gasteiger partial charge < -0.3 is 11.1 Å². The third-order valence-corrected chi connectivity index (χ3v) is 3.29. The van der Waals surface area contributed by atoms with E-state index in [1.54, 1.807) is 30.6 Å². The molecule has 0 saturated carbocycles. The van der Waals surface area contributed by atoms with Crippen molar-refractivity contribution in [1.29, 1.82) is 0 Å². The molecule has 0 spiro atoms. The van der Waals surface area contributed by atoms with Gasteiger partial charge in [0.25, 0.3) is 5.91 Å². The summed E-state index contributed by atoms with van der Waals surface area (Å²) < 4.78 is 0.820. The number of anilines is 1. The van der Waals surface area contributed by atoms with Crippen LogP contribution in [0.5, 0.6) is 0 Å². The standard InChI is InChI=1S/C14H14BrN3O/c1-9(10-3-2-6-17-8-10)18-14(19)12-7-11(15)4-5-13(12)16/h2-9H,16H2,1H3,(H,18,19)/t9-/m1/s1. The van der Waals surface area contributed by atoms with Gasteiger partial charge in [0, 0.05) is 22.6 Å². The van der Waals surface area contributed by atoms with E-state index in [0.717, 1.165) is 10.0 Å². The molecule has 2 aromatic rings. The Morgan fingerprint density at radius 3 is 2.89 bits per heavy atom. The maximum atomic E-state index is 12.2. The number of rotatable bonds is 3. The highest BCUT2D eigenvalue weighted by atomic mass is 79.9. The van der Waals surface area contributed by atoms with Crippen LogP contribution in [0.1, 0.15) is 28.9 Å². The molecule has 0 aliphatic rings. The molecular weight excluding hydrogens is 306 g/mol. The predicted octanol–water partition coefficient (Wildman–Crippen LogP) is 2.92. The van der Waals surface area contributed by atoms with Crippen molar-refractivity contribution in [2.75, 3.05) is 5.73 Å². The number of hydrogen-bond donors (Lipinski definition) is 2. The highest BCUT2D eigenvalue weighted by Gasteiger charge is 2.14. The molecule has 0 bridgehead atoms. The number of aromatic nitrogens is 1. The molecule has 0 saturated heterocycles. The van der Waals surface area contributed by atoms with Gasteiger partial charge in [0.05, 0.1) is 11.6 Å². The number of pyridine rings is 1. The number of hydrogen-bond acceptors (Lipinski definition) is 3. The van der Waals surface area contributed by atoms with E-state index in [4.69, 9.17) is 5.73 Å². The van der Waals surface area contributed by atoms with Gasteiger partial charge in [0.1, 0.15) is 0 Å². The minimum Gasteiger partial charge on any atom is -0.398 e. The number of amides is 1. The summed E-state index contributed by atoms with van der Waals surface area (Å²) in [5.74, 6) is -0.199. The van der Waals surface area contributed by atoms with Crippen LogP contribution in [0, 0.1) is 0 Å². The van der Waals surface area contributed by atoms with Gasteiger partial charge >= 0.3 is 0 Å². The van der Waals surface area contributed by atoms with Crippen molar-refractivity contribution >= 4 is 27.5 Å². The summed E-state index contributed by atoms with van der Waals surface area (Å²) in [7, 11) is 0. The van der Waals surface area contributed by atoms with E-state index in [1.807, 2.05) is 19.1 Å². The molecule has 0 aliphatic carbocycles. The molecule has 19 heavy (non-hydrogen) atoms. The summed E-state index contributed by atoms with van der Waals surface area (Å²) in [5, 5.41) is 2.90. The number of nitrogens with one attached hydrogen (secondary N) is 1. The zero-order valence-electron chi connectivity index (χ0n) is 10.4. The van der Waals surface area contributed by atoms with E-state index >= 15 is 0 Å². The van der Waals surface area contributed by atoms with Crippen LogP contribution in [0.25, 0.3) is 0 Å². The fourth-order valence-corrected chi connectivity index (χ4v) is 2.08. The van der Waals surface area contributed by atoms with Crippen molar-refractivity contribution in [1.82, 2.24) is 10.3 Å². The van der Waals surface area contributed by atoms with Crippen molar-refractivity contribution in [3.63, 3.8) is 0 Å². The minimum absolute atomic E-state index is 0.125. The SMILES string of the molecule is C[C@@H](NC(=O)c1cc(Br)ccc1N)c1cccnc1. The van der Waals surface area contributed by atoms with Gasteiger partial charge in [-0.05, 0) is 36.8 Å². The Labute approximate surface area is 120 Å². The van der Waals surface area contributed by atoms with Gasteiger partial charge in [0.15, 0.2) is 0 Å². The lowest BCUT2D eigenvalue weighted by atomic mass is 10.1. The highest BCUT2D eigenvalue weighted by molar-refractivity contribution is 9.10. The van der Waals surface area contributed by atoms with E-state index in [0.29, 0.717) is 11.3 Å². The van der Waals surface area contributed by atoms with Gasteiger partial charge in [-0.15, -0.1) is 0 Å². The van der Waals surface area contributed by atoms with Crippen LogP contribution in [-0.4, -0.2) is 10.9 Å². The molecule has 98 valence electrons. The Balaban J connectivity index is 2.15. The number of nitrogens with zero attached hydrogens (tertiary/aromatic N) is 1. The van der Waals surface area contributed by atoms with E-state index in [1.165, 1.54) is 0 Å². The summed E-state index contributed by atoms with van der Waals surface area (Å²) in [6.45, 7) is 1.91. The Bertz CT molecular complexity index is 586. The van der Waals surface area contributed by atoms with E-state index in [2.05, 4.69) is 26.2 Å². The van der Waals surface area contributed by atoms with E-state index in [9.17, 15) is 4.79 Å². The van der Waals surface area contributed by atoms with Crippen LogP contribution in [0.4, 0.5) is 5.69 Å². The van der Waals surface area contributed by atoms with Crippen LogP contribution >= 0.6 is 15.9 Å². The number of carbonyl (C=O) groups excluding carboxylic acids is 1. The first-order valence-electron chi connectivity index (χ1n) is 5.83. The largest absolute Gasteiger partial charge is 0.398 e. The van der Waals surface area contributed by atoms with Gasteiger partial charge in [0.2, 0.25) is 0 Å². The molecule has 0 unspecified atom stereocenters. The van der Waals surface area contributed by atoms with Gasteiger partial charge in [-0.25, -0.2) is 0 Å². The monoisotopic (exact) mass is 319 g/mol. The Hall–Kier alpha value is -1.88.